The van der Waals surface area contributed by atoms with Gasteiger partial charge in [0, 0.05) is 53.0 Å². The van der Waals surface area contributed by atoms with Gasteiger partial charge in [-0.05, 0) is 82.9 Å². The number of aromatic nitrogens is 1. The largest absolute Gasteiger partial charge is 0.456 e. The monoisotopic (exact) mass is 750 g/mol. The van der Waals surface area contributed by atoms with Crippen molar-refractivity contribution in [1.29, 1.82) is 0 Å². The molecule has 8 aromatic carbocycles. The van der Waals surface area contributed by atoms with Gasteiger partial charge in [0.05, 0.1) is 11.0 Å². The number of thiophene rings is 1. The van der Waals surface area contributed by atoms with Crippen molar-refractivity contribution >= 4 is 81.1 Å². The number of furan rings is 1. The van der Waals surface area contributed by atoms with Crippen molar-refractivity contribution in [3.8, 4) is 16.8 Å². The molecule has 2 unspecified atom stereocenters. The second-order valence-corrected chi connectivity index (χ2v) is 15.9. The van der Waals surface area contributed by atoms with Crippen LogP contribution in [0.1, 0.15) is 29.0 Å². The summed E-state index contributed by atoms with van der Waals surface area (Å²) in [4.78, 5) is 5.24. The van der Waals surface area contributed by atoms with Gasteiger partial charge in [-0.1, -0.05) is 121 Å². The third-order valence-electron chi connectivity index (χ3n) is 11.5. The van der Waals surface area contributed by atoms with Gasteiger partial charge in [-0.2, -0.15) is 0 Å². The first-order chi connectivity index (χ1) is 28.2. The van der Waals surface area contributed by atoms with E-state index in [0.717, 1.165) is 50.2 Å². The van der Waals surface area contributed by atoms with Crippen LogP contribution in [0.4, 0.5) is 0 Å². The van der Waals surface area contributed by atoms with Crippen LogP contribution in [0.3, 0.4) is 0 Å². The lowest BCUT2D eigenvalue weighted by atomic mass is 9.97. The summed E-state index contributed by atoms with van der Waals surface area (Å²) >= 11 is 1.84. The van der Waals surface area contributed by atoms with Crippen molar-refractivity contribution in [2.75, 3.05) is 0 Å². The molecule has 3 aromatic heterocycles. The maximum Gasteiger partial charge on any atom is 0.136 e. The van der Waals surface area contributed by atoms with Crippen molar-refractivity contribution in [3.63, 3.8) is 0 Å². The molecule has 1 aliphatic rings. The lowest BCUT2D eigenvalue weighted by Crippen LogP contribution is -2.44. The molecular formula is C51H34N4OS. The van der Waals surface area contributed by atoms with Gasteiger partial charge in [0.1, 0.15) is 29.3 Å². The summed E-state index contributed by atoms with van der Waals surface area (Å²) in [6.45, 7) is 0. The molecule has 0 amide bonds. The molecule has 0 fully saturated rings. The molecule has 0 spiro atoms. The molecule has 0 bridgehead atoms. The van der Waals surface area contributed by atoms with Gasteiger partial charge in [0.2, 0.25) is 0 Å². The first-order valence-electron chi connectivity index (χ1n) is 19.3. The van der Waals surface area contributed by atoms with Crippen molar-refractivity contribution < 1.29 is 4.42 Å². The van der Waals surface area contributed by atoms with E-state index in [2.05, 4.69) is 191 Å². The number of benzene rings is 8. The van der Waals surface area contributed by atoms with Crippen LogP contribution in [0, 0.1) is 0 Å². The molecule has 4 heterocycles. The third-order valence-corrected chi connectivity index (χ3v) is 12.6. The minimum Gasteiger partial charge on any atom is -0.456 e. The van der Waals surface area contributed by atoms with Crippen LogP contribution in [-0.4, -0.2) is 10.4 Å². The van der Waals surface area contributed by atoms with Crippen LogP contribution >= 0.6 is 11.3 Å². The van der Waals surface area contributed by atoms with E-state index in [-0.39, 0.29) is 12.3 Å². The highest BCUT2D eigenvalue weighted by Crippen LogP contribution is 2.43. The topological polar surface area (TPSA) is 54.5 Å². The number of hydrogen-bond donors (Lipinski definition) is 2. The molecule has 0 radical (unpaired) electrons. The highest BCUT2D eigenvalue weighted by atomic mass is 32.1. The maximum absolute atomic E-state index is 6.60. The Hall–Kier alpha value is -6.99. The fraction of sp³-hybridized carbons (Fsp3) is 0.0392. The number of para-hydroxylation sites is 2. The fourth-order valence-electron chi connectivity index (χ4n) is 8.82. The van der Waals surface area contributed by atoms with E-state index in [9.17, 15) is 0 Å². The van der Waals surface area contributed by atoms with E-state index >= 15 is 0 Å². The molecule has 6 heteroatoms. The van der Waals surface area contributed by atoms with Crippen LogP contribution in [0.15, 0.2) is 191 Å². The van der Waals surface area contributed by atoms with Crippen LogP contribution < -0.4 is 10.6 Å². The number of aliphatic imine (C=N–C) groups is 1. The van der Waals surface area contributed by atoms with Gasteiger partial charge in [0.15, 0.2) is 0 Å². The van der Waals surface area contributed by atoms with Crippen molar-refractivity contribution in [2.45, 2.75) is 12.3 Å². The molecule has 11 aromatic rings. The maximum atomic E-state index is 6.60. The molecule has 57 heavy (non-hydrogen) atoms. The number of rotatable bonds is 5. The molecule has 12 rings (SSSR count). The fourth-order valence-corrected chi connectivity index (χ4v) is 9.93. The molecule has 2 atom stereocenters. The summed E-state index contributed by atoms with van der Waals surface area (Å²) in [6, 6.07) is 64.9. The molecule has 2 N–H and O–H groups in total. The van der Waals surface area contributed by atoms with Gasteiger partial charge in [-0.15, -0.1) is 11.3 Å². The first-order valence-corrected chi connectivity index (χ1v) is 20.2. The molecule has 0 aliphatic carbocycles. The summed E-state index contributed by atoms with van der Waals surface area (Å²) in [7, 11) is 0. The normalized spacial score (nSPS) is 15.9. The number of fused-ring (bicyclic) bond motifs is 9. The zero-order valence-electron chi connectivity index (χ0n) is 30.7. The highest BCUT2D eigenvalue weighted by molar-refractivity contribution is 7.25. The Morgan fingerprint density at radius 1 is 0.509 bits per heavy atom. The average molecular weight is 751 g/mol. The second kappa shape index (κ2) is 12.8. The Morgan fingerprint density at radius 3 is 2.07 bits per heavy atom. The molecule has 1 aliphatic heterocycles. The highest BCUT2D eigenvalue weighted by Gasteiger charge is 2.26. The smallest absolute Gasteiger partial charge is 0.136 e. The Labute approximate surface area is 332 Å². The van der Waals surface area contributed by atoms with Gasteiger partial charge in [0.25, 0.3) is 0 Å². The number of nitrogens with one attached hydrogen (secondary N) is 2. The zero-order chi connectivity index (χ0) is 37.5. The van der Waals surface area contributed by atoms with E-state index in [1.807, 2.05) is 17.4 Å². The minimum atomic E-state index is -0.238. The lowest BCUT2D eigenvalue weighted by molar-refractivity contribution is 0.409. The van der Waals surface area contributed by atoms with Crippen molar-refractivity contribution in [2.24, 2.45) is 4.99 Å². The van der Waals surface area contributed by atoms with Gasteiger partial charge in [-0.3, -0.25) is 5.32 Å². The number of hydrogen-bond acceptors (Lipinski definition) is 5. The summed E-state index contributed by atoms with van der Waals surface area (Å²) < 4.78 is 11.5. The van der Waals surface area contributed by atoms with E-state index in [1.54, 1.807) is 0 Å². The predicted molar refractivity (Wildman–Crippen MR) is 238 cm³/mol. The van der Waals surface area contributed by atoms with E-state index < -0.39 is 0 Å². The van der Waals surface area contributed by atoms with E-state index in [1.165, 1.54) is 53.1 Å². The third kappa shape index (κ3) is 5.22. The quantitative estimate of drug-likeness (QED) is 0.184. The van der Waals surface area contributed by atoms with E-state index in [0.29, 0.717) is 0 Å². The Bertz CT molecular complexity index is 3320. The summed E-state index contributed by atoms with van der Waals surface area (Å²) in [6.07, 6.45) is -0.333. The number of nitrogens with zero attached hydrogens (tertiary/aromatic N) is 2. The van der Waals surface area contributed by atoms with Crippen LogP contribution in [0.5, 0.6) is 0 Å². The average Bonchev–Trinajstić information content (AvgIpc) is 3.95. The Morgan fingerprint density at radius 2 is 1.26 bits per heavy atom. The molecular weight excluding hydrogens is 717 g/mol. The van der Waals surface area contributed by atoms with Crippen molar-refractivity contribution in [1.82, 2.24) is 15.2 Å². The molecule has 5 nitrogen and oxygen atoms in total. The lowest BCUT2D eigenvalue weighted by Gasteiger charge is -2.32. The van der Waals surface area contributed by atoms with Gasteiger partial charge >= 0.3 is 0 Å². The summed E-state index contributed by atoms with van der Waals surface area (Å²) in [5, 5.41) is 14.7. The van der Waals surface area contributed by atoms with E-state index in [4.69, 9.17) is 9.41 Å². The Balaban J connectivity index is 0.963. The van der Waals surface area contributed by atoms with Gasteiger partial charge < -0.3 is 14.3 Å². The first kappa shape index (κ1) is 32.3. The molecule has 0 saturated heterocycles. The summed E-state index contributed by atoms with van der Waals surface area (Å²) in [5.41, 5.74) is 11.0. The Kier molecular flexibility index (Phi) is 7.24. The minimum absolute atomic E-state index is 0.0945. The number of amidine groups is 1. The molecule has 0 saturated carbocycles. The summed E-state index contributed by atoms with van der Waals surface area (Å²) in [5.74, 6) is 0.880. The predicted octanol–water partition coefficient (Wildman–Crippen LogP) is 13.1. The van der Waals surface area contributed by atoms with Crippen LogP contribution in [0.2, 0.25) is 0 Å². The molecule has 270 valence electrons. The van der Waals surface area contributed by atoms with Gasteiger partial charge in [-0.25, -0.2) is 4.99 Å². The second-order valence-electron chi connectivity index (χ2n) is 14.8. The van der Waals surface area contributed by atoms with Crippen molar-refractivity contribution in [3.05, 3.63) is 199 Å². The van der Waals surface area contributed by atoms with Crippen LogP contribution in [0.25, 0.3) is 80.7 Å². The zero-order valence-corrected chi connectivity index (χ0v) is 31.5. The SMILES string of the molecule is c1ccc(C2=NC(c3ccc4sc5cccc(-c6ccc7c(c6)oc6ccc(-n8c9ccccc9c9ccccc98)cc67)c5c4c3)NC(c3ccccc3)N2)cc1. The van der Waals surface area contributed by atoms with Crippen LogP contribution in [-0.2, 0) is 0 Å². The standard InChI is InChI=1S/C51H34N4OS/c1-3-12-31(13-4-1)49-52-50(32-14-5-2-6-15-32)54-51(53-49)34-23-27-46-41(28-34)48-36(18-11-21-47(48)57-46)33-22-25-39-40-30-35(24-26-44(40)56-45(39)29-33)55-42-19-9-7-16-37(42)38-17-8-10-20-43(38)55/h1-30,49,51,53H,(H,52,54).